The first-order valence-corrected chi connectivity index (χ1v) is 10.3. The van der Waals surface area contributed by atoms with E-state index < -0.39 is 0 Å². The highest BCUT2D eigenvalue weighted by atomic mass is 16.2. The highest BCUT2D eigenvalue weighted by molar-refractivity contribution is 5.92. The minimum absolute atomic E-state index is 0.109. The number of hydrogen-bond donors (Lipinski definition) is 0. The van der Waals surface area contributed by atoms with Gasteiger partial charge in [0.25, 0.3) is 5.91 Å². The molecule has 1 aliphatic heterocycles. The lowest BCUT2D eigenvalue weighted by molar-refractivity contribution is 0.0647. The summed E-state index contributed by atoms with van der Waals surface area (Å²) >= 11 is 0. The monoisotopic (exact) mass is 370 g/mol. The smallest absolute Gasteiger partial charge is 0.272 e. The number of hydrogen-bond acceptors (Lipinski definition) is 4. The van der Waals surface area contributed by atoms with E-state index in [1.165, 1.54) is 12.8 Å². The first-order valence-electron chi connectivity index (χ1n) is 10.3. The lowest BCUT2D eigenvalue weighted by atomic mass is 9.97. The molecule has 0 bridgehead atoms. The number of piperidine rings is 1. The normalized spacial score (nSPS) is 20.4. The highest BCUT2D eigenvalue weighted by Gasteiger charge is 2.29. The van der Waals surface area contributed by atoms with Crippen molar-refractivity contribution in [3.63, 3.8) is 0 Å². The molecular weight excluding hydrogens is 340 g/mol. The molecule has 0 aromatic carbocycles. The van der Waals surface area contributed by atoms with Crippen molar-refractivity contribution in [2.45, 2.75) is 71.4 Å². The van der Waals surface area contributed by atoms with Gasteiger partial charge in [-0.05, 0) is 50.5 Å². The third-order valence-electron chi connectivity index (χ3n) is 5.71. The van der Waals surface area contributed by atoms with Crippen molar-refractivity contribution < 1.29 is 4.79 Å². The van der Waals surface area contributed by atoms with E-state index in [2.05, 4.69) is 35.5 Å². The standard InChI is InChI=1S/C20H30N6O/c1-4-26-19(10-17(22-26)14(2)3)20(27)24-9-5-6-15(11-24)12-25-13-18(21-23-25)16-7-8-16/h10,13-16H,4-9,11-12H2,1-3H3/t15-/m1/s1. The summed E-state index contributed by atoms with van der Waals surface area (Å²) in [4.78, 5) is 15.1. The molecule has 1 saturated heterocycles. The summed E-state index contributed by atoms with van der Waals surface area (Å²) in [5, 5.41) is 13.2. The summed E-state index contributed by atoms with van der Waals surface area (Å²) in [5.74, 6) is 1.50. The van der Waals surface area contributed by atoms with Gasteiger partial charge in [-0.15, -0.1) is 5.10 Å². The van der Waals surface area contributed by atoms with Crippen molar-refractivity contribution in [1.82, 2.24) is 29.7 Å². The number of amides is 1. The maximum absolute atomic E-state index is 13.1. The van der Waals surface area contributed by atoms with Crippen LogP contribution in [-0.2, 0) is 13.1 Å². The molecule has 0 N–H and O–H groups in total. The number of aryl methyl sites for hydroxylation is 1. The van der Waals surface area contributed by atoms with Crippen LogP contribution in [0, 0.1) is 5.92 Å². The van der Waals surface area contributed by atoms with Crippen molar-refractivity contribution in [3.05, 3.63) is 29.3 Å². The Kier molecular flexibility index (Phi) is 5.02. The van der Waals surface area contributed by atoms with Crippen LogP contribution in [0.15, 0.2) is 12.3 Å². The predicted molar refractivity (Wildman–Crippen MR) is 103 cm³/mol. The number of carbonyl (C=O) groups excluding carboxylic acids is 1. The third-order valence-corrected chi connectivity index (χ3v) is 5.71. The van der Waals surface area contributed by atoms with Crippen LogP contribution in [0.3, 0.4) is 0 Å². The van der Waals surface area contributed by atoms with Crippen LogP contribution in [0.4, 0.5) is 0 Å². The number of rotatable bonds is 6. The Morgan fingerprint density at radius 2 is 2.11 bits per heavy atom. The average molecular weight is 371 g/mol. The summed E-state index contributed by atoms with van der Waals surface area (Å²) in [6, 6.07) is 1.97. The number of carbonyl (C=O) groups is 1. The van der Waals surface area contributed by atoms with E-state index in [-0.39, 0.29) is 5.91 Å². The molecular formula is C20H30N6O. The minimum Gasteiger partial charge on any atom is -0.337 e. The molecule has 0 unspecified atom stereocenters. The summed E-state index contributed by atoms with van der Waals surface area (Å²) in [6.07, 6.45) is 6.76. The fourth-order valence-electron chi connectivity index (χ4n) is 3.93. The Bertz CT molecular complexity index is 803. The molecule has 2 fully saturated rings. The minimum atomic E-state index is 0.109. The second-order valence-electron chi connectivity index (χ2n) is 8.32. The second-order valence-corrected chi connectivity index (χ2v) is 8.32. The molecule has 7 heteroatoms. The van der Waals surface area contributed by atoms with Gasteiger partial charge < -0.3 is 4.90 Å². The van der Waals surface area contributed by atoms with E-state index in [0.29, 0.717) is 24.3 Å². The highest BCUT2D eigenvalue weighted by Crippen LogP contribution is 2.38. The molecule has 146 valence electrons. The van der Waals surface area contributed by atoms with Gasteiger partial charge in [-0.1, -0.05) is 19.1 Å². The van der Waals surface area contributed by atoms with Crippen LogP contribution in [0.1, 0.15) is 80.2 Å². The first-order chi connectivity index (χ1) is 13.0. The Hall–Kier alpha value is -2.18. The van der Waals surface area contributed by atoms with Gasteiger partial charge in [-0.25, -0.2) is 0 Å². The molecule has 2 aromatic heterocycles. The fourth-order valence-corrected chi connectivity index (χ4v) is 3.93. The van der Waals surface area contributed by atoms with Crippen LogP contribution < -0.4 is 0 Å². The molecule has 1 saturated carbocycles. The lowest BCUT2D eigenvalue weighted by Gasteiger charge is -2.32. The summed E-state index contributed by atoms with van der Waals surface area (Å²) < 4.78 is 3.82. The van der Waals surface area contributed by atoms with Crippen molar-refractivity contribution in [2.75, 3.05) is 13.1 Å². The predicted octanol–water partition coefficient (Wildman–Crippen LogP) is 3.05. The van der Waals surface area contributed by atoms with E-state index in [1.807, 2.05) is 27.3 Å². The SMILES string of the molecule is CCn1nc(C(C)C)cc1C(=O)N1CCC[C@@H](Cn2cc(C3CC3)nn2)C1. The number of aromatic nitrogens is 5. The topological polar surface area (TPSA) is 68.8 Å². The van der Waals surface area contributed by atoms with Crippen molar-refractivity contribution in [1.29, 1.82) is 0 Å². The molecule has 4 rings (SSSR count). The summed E-state index contributed by atoms with van der Waals surface area (Å²) in [5.41, 5.74) is 2.84. The summed E-state index contributed by atoms with van der Waals surface area (Å²) in [6.45, 7) is 9.43. The van der Waals surface area contributed by atoms with Crippen LogP contribution in [0.2, 0.25) is 0 Å². The van der Waals surface area contributed by atoms with Gasteiger partial charge >= 0.3 is 0 Å². The first kappa shape index (κ1) is 18.2. The molecule has 2 aliphatic rings. The van der Waals surface area contributed by atoms with Crippen molar-refractivity contribution in [2.24, 2.45) is 5.92 Å². The zero-order valence-corrected chi connectivity index (χ0v) is 16.6. The molecule has 1 amide bonds. The van der Waals surface area contributed by atoms with Gasteiger partial charge in [0, 0.05) is 38.3 Å². The molecule has 27 heavy (non-hydrogen) atoms. The largest absolute Gasteiger partial charge is 0.337 e. The van der Waals surface area contributed by atoms with Crippen molar-refractivity contribution in [3.8, 4) is 0 Å². The second kappa shape index (κ2) is 7.44. The van der Waals surface area contributed by atoms with Gasteiger partial charge in [0.05, 0.1) is 11.4 Å². The molecule has 1 atom stereocenters. The average Bonchev–Trinajstić information content (AvgIpc) is 3.25. The number of nitrogens with zero attached hydrogens (tertiary/aromatic N) is 6. The zero-order chi connectivity index (χ0) is 19.0. The van der Waals surface area contributed by atoms with E-state index in [4.69, 9.17) is 0 Å². The van der Waals surface area contributed by atoms with Gasteiger partial charge in [0.1, 0.15) is 5.69 Å². The van der Waals surface area contributed by atoms with E-state index >= 15 is 0 Å². The molecule has 3 heterocycles. The third kappa shape index (κ3) is 3.92. The quantitative estimate of drug-likeness (QED) is 0.784. The van der Waals surface area contributed by atoms with Crippen molar-refractivity contribution >= 4 is 5.91 Å². The Balaban J connectivity index is 1.43. The van der Waals surface area contributed by atoms with Gasteiger partial charge in [0.2, 0.25) is 0 Å². The Labute approximate surface area is 160 Å². The lowest BCUT2D eigenvalue weighted by Crippen LogP contribution is -2.41. The van der Waals surface area contributed by atoms with Crippen LogP contribution >= 0.6 is 0 Å². The fraction of sp³-hybridized carbons (Fsp3) is 0.700. The molecule has 0 spiro atoms. The summed E-state index contributed by atoms with van der Waals surface area (Å²) in [7, 11) is 0. The molecule has 7 nitrogen and oxygen atoms in total. The van der Waals surface area contributed by atoms with Gasteiger partial charge in [-0.3, -0.25) is 14.2 Å². The van der Waals surface area contributed by atoms with E-state index in [1.54, 1.807) is 0 Å². The van der Waals surface area contributed by atoms with Crippen LogP contribution in [-0.4, -0.2) is 48.7 Å². The maximum atomic E-state index is 13.1. The molecule has 2 aromatic rings. The maximum Gasteiger partial charge on any atom is 0.272 e. The van der Waals surface area contributed by atoms with Crippen LogP contribution in [0.25, 0.3) is 0 Å². The van der Waals surface area contributed by atoms with Crippen LogP contribution in [0.5, 0.6) is 0 Å². The van der Waals surface area contributed by atoms with E-state index in [9.17, 15) is 4.79 Å². The van der Waals surface area contributed by atoms with E-state index in [0.717, 1.165) is 49.6 Å². The Morgan fingerprint density at radius 1 is 1.30 bits per heavy atom. The number of likely N-dealkylation sites (tertiary alicyclic amines) is 1. The zero-order valence-electron chi connectivity index (χ0n) is 16.6. The Morgan fingerprint density at radius 3 is 2.81 bits per heavy atom. The molecule has 1 aliphatic carbocycles. The molecule has 0 radical (unpaired) electrons. The van der Waals surface area contributed by atoms with Gasteiger partial charge in [-0.2, -0.15) is 5.10 Å². The van der Waals surface area contributed by atoms with Gasteiger partial charge in [0.15, 0.2) is 0 Å².